The van der Waals surface area contributed by atoms with Crippen LogP contribution in [-0.4, -0.2) is 23.1 Å². The Balaban J connectivity index is 0.000000821. The number of aldehydes is 1. The van der Waals surface area contributed by atoms with Gasteiger partial charge in [0.2, 0.25) is 0 Å². The predicted octanol–water partition coefficient (Wildman–Crippen LogP) is 6.53. The lowest BCUT2D eigenvalue weighted by Gasteiger charge is -2.07. The minimum Gasteiger partial charge on any atom is -0.350 e. The van der Waals surface area contributed by atoms with E-state index in [0.717, 1.165) is 16.9 Å². The molecule has 166 valence electrons. The zero-order valence-corrected chi connectivity index (χ0v) is 19.3. The number of rotatable bonds is 5. The van der Waals surface area contributed by atoms with Gasteiger partial charge in [-0.15, -0.1) is 0 Å². The van der Waals surface area contributed by atoms with Gasteiger partial charge in [-0.1, -0.05) is 48.5 Å². The molecule has 5 nitrogen and oxygen atoms in total. The molecule has 0 unspecified atom stereocenters. The SMILES string of the molecule is CNO.Cn1cc(-c2ccc3ccccc3c2)c2cc(NSc3ccc(C=O)cc3)ccc21. The summed E-state index contributed by atoms with van der Waals surface area (Å²) in [4.78, 5) is 11.9. The quantitative estimate of drug-likeness (QED) is 0.160. The zero-order chi connectivity index (χ0) is 23.2. The van der Waals surface area contributed by atoms with Gasteiger partial charge in [0.05, 0.1) is 0 Å². The van der Waals surface area contributed by atoms with Crippen LogP contribution in [0.2, 0.25) is 0 Å². The largest absolute Gasteiger partial charge is 0.350 e. The second-order valence-electron chi connectivity index (χ2n) is 7.56. The van der Waals surface area contributed by atoms with Gasteiger partial charge < -0.3 is 14.5 Å². The summed E-state index contributed by atoms with van der Waals surface area (Å²) in [5, 5.41) is 11.0. The third-order valence-electron chi connectivity index (χ3n) is 5.35. The monoisotopic (exact) mass is 455 g/mol. The van der Waals surface area contributed by atoms with E-state index in [-0.39, 0.29) is 0 Å². The molecule has 4 aromatic carbocycles. The smallest absolute Gasteiger partial charge is 0.150 e. The number of hydrogen-bond acceptors (Lipinski definition) is 5. The average molecular weight is 456 g/mol. The Bertz CT molecular complexity index is 1390. The van der Waals surface area contributed by atoms with Crippen LogP contribution in [0.3, 0.4) is 0 Å². The maximum atomic E-state index is 10.8. The highest BCUT2D eigenvalue weighted by Crippen LogP contribution is 2.34. The summed E-state index contributed by atoms with van der Waals surface area (Å²) in [5.41, 5.74) is 7.12. The highest BCUT2D eigenvalue weighted by Gasteiger charge is 2.10. The van der Waals surface area contributed by atoms with E-state index in [1.165, 1.54) is 51.8 Å². The van der Waals surface area contributed by atoms with Gasteiger partial charge in [-0.25, -0.2) is 5.48 Å². The van der Waals surface area contributed by atoms with Crippen LogP contribution < -0.4 is 10.2 Å². The fourth-order valence-electron chi connectivity index (χ4n) is 3.77. The highest BCUT2D eigenvalue weighted by atomic mass is 32.2. The molecule has 1 aromatic heterocycles. The minimum atomic E-state index is 0.685. The van der Waals surface area contributed by atoms with Crippen molar-refractivity contribution in [2.75, 3.05) is 11.8 Å². The summed E-state index contributed by atoms with van der Waals surface area (Å²) in [6.07, 6.45) is 3.06. The van der Waals surface area contributed by atoms with E-state index in [9.17, 15) is 4.79 Å². The van der Waals surface area contributed by atoms with Crippen molar-refractivity contribution in [1.29, 1.82) is 0 Å². The van der Waals surface area contributed by atoms with Crippen molar-refractivity contribution >= 4 is 45.6 Å². The third-order valence-corrected chi connectivity index (χ3v) is 6.20. The second kappa shape index (κ2) is 10.4. The van der Waals surface area contributed by atoms with Crippen LogP contribution in [0.4, 0.5) is 5.69 Å². The number of hydrogen-bond donors (Lipinski definition) is 3. The van der Waals surface area contributed by atoms with Gasteiger partial charge in [0.15, 0.2) is 0 Å². The lowest BCUT2D eigenvalue weighted by molar-refractivity contribution is 0.112. The van der Waals surface area contributed by atoms with E-state index >= 15 is 0 Å². The van der Waals surface area contributed by atoms with E-state index in [1.54, 1.807) is 5.48 Å². The second-order valence-corrected chi connectivity index (χ2v) is 8.44. The summed E-state index contributed by atoms with van der Waals surface area (Å²) in [6, 6.07) is 29.1. The molecule has 5 aromatic rings. The topological polar surface area (TPSA) is 66.3 Å². The standard InChI is InChI=1S/C26H20N2OS.CH5NO/c1-28-16-25(21-9-8-19-4-2-3-5-20(19)14-21)24-15-22(10-13-26(24)28)27-30-23-11-6-18(17-29)7-12-23;1-2-3/h2-17,27H,1H3;2-3H,1H3. The van der Waals surface area contributed by atoms with Crippen LogP contribution in [0.25, 0.3) is 32.8 Å². The van der Waals surface area contributed by atoms with Crippen molar-refractivity contribution in [3.8, 4) is 11.1 Å². The molecule has 0 spiro atoms. The van der Waals surface area contributed by atoms with Crippen molar-refractivity contribution < 1.29 is 10.0 Å². The first-order valence-electron chi connectivity index (χ1n) is 10.5. The number of aromatic nitrogens is 1. The Kier molecular flexibility index (Phi) is 7.10. The molecule has 3 N–H and O–H groups in total. The Labute approximate surface area is 197 Å². The number of aryl methyl sites for hydroxylation is 1. The van der Waals surface area contributed by atoms with Gasteiger partial charge in [0, 0.05) is 52.9 Å². The molecule has 5 rings (SSSR count). The fraction of sp³-hybridized carbons (Fsp3) is 0.0741. The Morgan fingerprint density at radius 2 is 1.64 bits per heavy atom. The Morgan fingerprint density at radius 3 is 2.36 bits per heavy atom. The third kappa shape index (κ3) is 5.09. The van der Waals surface area contributed by atoms with Crippen LogP contribution in [0.1, 0.15) is 10.4 Å². The number of carbonyl (C=O) groups is 1. The van der Waals surface area contributed by atoms with Gasteiger partial charge in [-0.2, -0.15) is 0 Å². The van der Waals surface area contributed by atoms with Crippen LogP contribution in [0.5, 0.6) is 0 Å². The maximum absolute atomic E-state index is 10.8. The number of hydroxylamine groups is 1. The molecule has 0 atom stereocenters. The normalized spacial score (nSPS) is 10.6. The molecule has 0 amide bonds. The van der Waals surface area contributed by atoms with Crippen molar-refractivity contribution in [2.45, 2.75) is 4.90 Å². The highest BCUT2D eigenvalue weighted by molar-refractivity contribution is 8.00. The molecule has 0 aliphatic rings. The zero-order valence-electron chi connectivity index (χ0n) is 18.4. The summed E-state index contributed by atoms with van der Waals surface area (Å²) >= 11 is 1.54. The van der Waals surface area contributed by atoms with Gasteiger partial charge >= 0.3 is 0 Å². The van der Waals surface area contributed by atoms with Crippen LogP contribution in [0, 0.1) is 0 Å². The van der Waals surface area contributed by atoms with E-state index < -0.39 is 0 Å². The van der Waals surface area contributed by atoms with Crippen LogP contribution in [-0.2, 0) is 7.05 Å². The van der Waals surface area contributed by atoms with Crippen molar-refractivity contribution in [3.05, 3.63) is 96.7 Å². The van der Waals surface area contributed by atoms with E-state index in [2.05, 4.69) is 83.2 Å². The average Bonchev–Trinajstić information content (AvgIpc) is 3.19. The van der Waals surface area contributed by atoms with E-state index in [1.807, 2.05) is 24.3 Å². The number of carbonyl (C=O) groups excluding carboxylic acids is 1. The molecule has 33 heavy (non-hydrogen) atoms. The lowest BCUT2D eigenvalue weighted by atomic mass is 10.0. The first-order chi connectivity index (χ1) is 16.1. The molecule has 0 aliphatic carbocycles. The van der Waals surface area contributed by atoms with Crippen molar-refractivity contribution in [3.63, 3.8) is 0 Å². The van der Waals surface area contributed by atoms with Crippen molar-refractivity contribution in [2.24, 2.45) is 7.05 Å². The van der Waals surface area contributed by atoms with E-state index in [4.69, 9.17) is 5.21 Å². The number of nitrogens with zero attached hydrogens (tertiary/aromatic N) is 1. The van der Waals surface area contributed by atoms with Crippen molar-refractivity contribution in [1.82, 2.24) is 10.0 Å². The molecular formula is C27H25N3O2S. The summed E-state index contributed by atoms with van der Waals surface area (Å²) in [7, 11) is 3.52. The van der Waals surface area contributed by atoms with Gasteiger partial charge in [0.1, 0.15) is 6.29 Å². The number of benzene rings is 4. The Morgan fingerprint density at radius 1 is 0.909 bits per heavy atom. The molecule has 0 aliphatic heterocycles. The molecule has 0 bridgehead atoms. The molecule has 1 heterocycles. The maximum Gasteiger partial charge on any atom is 0.150 e. The van der Waals surface area contributed by atoms with Gasteiger partial charge in [-0.3, -0.25) is 4.79 Å². The first kappa shape index (κ1) is 22.6. The predicted molar refractivity (Wildman–Crippen MR) is 138 cm³/mol. The molecule has 0 radical (unpaired) electrons. The number of fused-ring (bicyclic) bond motifs is 2. The summed E-state index contributed by atoms with van der Waals surface area (Å²) in [6.45, 7) is 0. The lowest BCUT2D eigenvalue weighted by Crippen LogP contribution is -1.91. The fourth-order valence-corrected chi connectivity index (χ4v) is 4.41. The number of nitrogens with one attached hydrogen (secondary N) is 2. The molecule has 0 fully saturated rings. The van der Waals surface area contributed by atoms with Gasteiger partial charge in [0.25, 0.3) is 0 Å². The van der Waals surface area contributed by atoms with Crippen LogP contribution >= 0.6 is 11.9 Å². The first-order valence-corrected chi connectivity index (χ1v) is 11.3. The summed E-state index contributed by atoms with van der Waals surface area (Å²) < 4.78 is 5.60. The molecule has 0 saturated heterocycles. The molecular weight excluding hydrogens is 430 g/mol. The van der Waals surface area contributed by atoms with Crippen LogP contribution in [0.15, 0.2) is 96.0 Å². The van der Waals surface area contributed by atoms with E-state index in [0.29, 0.717) is 5.56 Å². The summed E-state index contributed by atoms with van der Waals surface area (Å²) in [5.74, 6) is 0. The Hall–Kier alpha value is -3.58. The number of anilines is 1. The molecule has 6 heteroatoms. The minimum absolute atomic E-state index is 0.685. The van der Waals surface area contributed by atoms with Gasteiger partial charge in [-0.05, 0) is 64.7 Å². The molecule has 0 saturated carbocycles.